The first-order chi connectivity index (χ1) is 2.89. The topological polar surface area (TPSA) is 21.3 Å². The minimum atomic E-state index is 0.519. The molecule has 0 spiro atoms. The molecular formula is C4H8NO. The Hall–Kier alpha value is -0.0800. The van der Waals surface area contributed by atoms with Crippen LogP contribution in [-0.2, 0) is 4.84 Å². The van der Waals surface area contributed by atoms with E-state index in [1.54, 1.807) is 6.61 Å². The average Bonchev–Trinajstić information content (AvgIpc) is 1.86. The molecule has 1 aliphatic heterocycles. The molecule has 1 rings (SSSR count). The molecule has 6 heavy (non-hydrogen) atoms. The fraction of sp³-hybridized carbons (Fsp3) is 0.750. The highest BCUT2D eigenvalue weighted by Gasteiger charge is 2.07. The zero-order chi connectivity index (χ0) is 4.41. The van der Waals surface area contributed by atoms with Crippen molar-refractivity contribution in [2.75, 3.05) is 0 Å². The molecule has 0 bridgehead atoms. The van der Waals surface area contributed by atoms with Crippen LogP contribution < -0.4 is 5.48 Å². The molecule has 1 atom stereocenters. The number of hydrogen-bond donors (Lipinski definition) is 1. The van der Waals surface area contributed by atoms with Gasteiger partial charge in [0.25, 0.3) is 0 Å². The Balaban J connectivity index is 2.18. The van der Waals surface area contributed by atoms with Crippen molar-refractivity contribution in [2.24, 2.45) is 0 Å². The van der Waals surface area contributed by atoms with Crippen LogP contribution in [-0.4, -0.2) is 6.04 Å². The normalized spacial score (nSPS) is 34.5. The van der Waals surface area contributed by atoms with Crippen molar-refractivity contribution >= 4 is 0 Å². The summed E-state index contributed by atoms with van der Waals surface area (Å²) in [5, 5.41) is 0. The monoisotopic (exact) mass is 86.1 g/mol. The van der Waals surface area contributed by atoms with Crippen LogP contribution in [0.25, 0.3) is 0 Å². The maximum Gasteiger partial charge on any atom is 0.109 e. The molecule has 1 aliphatic rings. The Morgan fingerprint density at radius 1 is 2.00 bits per heavy atom. The third kappa shape index (κ3) is 0.698. The minimum absolute atomic E-state index is 0.519. The zero-order valence-electron chi connectivity index (χ0n) is 3.77. The van der Waals surface area contributed by atoms with Gasteiger partial charge in [0.15, 0.2) is 0 Å². The second kappa shape index (κ2) is 1.58. The van der Waals surface area contributed by atoms with E-state index in [0.717, 1.165) is 6.42 Å². The first-order valence-corrected chi connectivity index (χ1v) is 2.12. The van der Waals surface area contributed by atoms with Crippen molar-refractivity contribution in [2.45, 2.75) is 19.4 Å². The van der Waals surface area contributed by atoms with Crippen LogP contribution in [0.3, 0.4) is 0 Å². The summed E-state index contributed by atoms with van der Waals surface area (Å²) in [6.07, 6.45) is 1.03. The lowest BCUT2D eigenvalue weighted by molar-refractivity contribution is 0.132. The summed E-state index contributed by atoms with van der Waals surface area (Å²) >= 11 is 0. The minimum Gasteiger partial charge on any atom is -0.295 e. The largest absolute Gasteiger partial charge is 0.295 e. The van der Waals surface area contributed by atoms with E-state index < -0.39 is 0 Å². The Labute approximate surface area is 37.4 Å². The quantitative estimate of drug-likeness (QED) is 0.462. The van der Waals surface area contributed by atoms with Gasteiger partial charge in [-0.1, -0.05) is 0 Å². The Kier molecular flexibility index (Phi) is 1.08. The van der Waals surface area contributed by atoms with Gasteiger partial charge in [-0.05, 0) is 13.3 Å². The van der Waals surface area contributed by atoms with E-state index >= 15 is 0 Å². The molecule has 1 fully saturated rings. The van der Waals surface area contributed by atoms with Crippen LogP contribution in [0.2, 0.25) is 0 Å². The van der Waals surface area contributed by atoms with Gasteiger partial charge in [-0.15, -0.1) is 0 Å². The SMILES string of the molecule is CC1C[CH]ON1. The van der Waals surface area contributed by atoms with E-state index in [4.69, 9.17) is 0 Å². The highest BCUT2D eigenvalue weighted by atomic mass is 16.7. The Morgan fingerprint density at radius 2 is 2.83 bits per heavy atom. The summed E-state index contributed by atoms with van der Waals surface area (Å²) in [6, 6.07) is 0.519. The molecule has 1 radical (unpaired) electrons. The van der Waals surface area contributed by atoms with Crippen LogP contribution in [0.1, 0.15) is 13.3 Å². The van der Waals surface area contributed by atoms with Crippen LogP contribution >= 0.6 is 0 Å². The van der Waals surface area contributed by atoms with Crippen molar-refractivity contribution < 1.29 is 4.84 Å². The predicted molar refractivity (Wildman–Crippen MR) is 22.6 cm³/mol. The summed E-state index contributed by atoms with van der Waals surface area (Å²) in [5.74, 6) is 0. The molecule has 1 heterocycles. The van der Waals surface area contributed by atoms with Crippen molar-refractivity contribution in [3.8, 4) is 0 Å². The zero-order valence-corrected chi connectivity index (χ0v) is 3.77. The maximum atomic E-state index is 4.68. The van der Waals surface area contributed by atoms with Crippen molar-refractivity contribution in [3.63, 3.8) is 0 Å². The molecular weight excluding hydrogens is 78.0 g/mol. The van der Waals surface area contributed by atoms with Crippen LogP contribution in [0.5, 0.6) is 0 Å². The number of hydroxylamine groups is 1. The molecule has 1 saturated heterocycles. The lowest BCUT2D eigenvalue weighted by Crippen LogP contribution is -2.14. The number of rotatable bonds is 0. The number of nitrogens with one attached hydrogen (secondary N) is 1. The van der Waals surface area contributed by atoms with Crippen molar-refractivity contribution in [3.05, 3.63) is 6.61 Å². The van der Waals surface area contributed by atoms with Gasteiger partial charge in [-0.2, -0.15) is 5.48 Å². The van der Waals surface area contributed by atoms with Crippen LogP contribution in [0.4, 0.5) is 0 Å². The third-order valence-corrected chi connectivity index (χ3v) is 0.802. The van der Waals surface area contributed by atoms with Gasteiger partial charge in [0, 0.05) is 6.04 Å². The van der Waals surface area contributed by atoms with Gasteiger partial charge in [-0.3, -0.25) is 4.84 Å². The van der Waals surface area contributed by atoms with Crippen LogP contribution in [0, 0.1) is 6.61 Å². The molecule has 0 aromatic rings. The smallest absolute Gasteiger partial charge is 0.109 e. The fourth-order valence-corrected chi connectivity index (χ4v) is 0.405. The van der Waals surface area contributed by atoms with E-state index in [-0.39, 0.29) is 0 Å². The summed E-state index contributed by atoms with van der Waals surface area (Å²) in [7, 11) is 0. The second-order valence-corrected chi connectivity index (χ2v) is 1.54. The Morgan fingerprint density at radius 3 is 3.00 bits per heavy atom. The molecule has 1 unspecified atom stereocenters. The first kappa shape index (κ1) is 4.09. The summed E-state index contributed by atoms with van der Waals surface area (Å²) in [6.45, 7) is 3.84. The lowest BCUT2D eigenvalue weighted by atomic mass is 10.3. The molecule has 0 aliphatic carbocycles. The Bertz CT molecular complexity index is 40.8. The van der Waals surface area contributed by atoms with E-state index in [0.29, 0.717) is 6.04 Å². The van der Waals surface area contributed by atoms with E-state index in [2.05, 4.69) is 17.2 Å². The summed E-state index contributed by atoms with van der Waals surface area (Å²) in [5.41, 5.74) is 2.76. The first-order valence-electron chi connectivity index (χ1n) is 2.12. The molecule has 2 nitrogen and oxygen atoms in total. The second-order valence-electron chi connectivity index (χ2n) is 1.54. The van der Waals surface area contributed by atoms with Gasteiger partial charge in [-0.25, -0.2) is 0 Å². The van der Waals surface area contributed by atoms with E-state index in [1.807, 2.05) is 0 Å². The predicted octanol–water partition coefficient (Wildman–Crippen LogP) is 0.462. The number of hydrogen-bond acceptors (Lipinski definition) is 2. The molecule has 0 aromatic carbocycles. The summed E-state index contributed by atoms with van der Waals surface area (Å²) in [4.78, 5) is 4.68. The standard InChI is InChI=1S/C4H8NO/c1-4-2-3-6-5-4/h3-5H,2H2,1H3. The molecule has 35 valence electrons. The van der Waals surface area contributed by atoms with E-state index in [1.165, 1.54) is 0 Å². The lowest BCUT2D eigenvalue weighted by Gasteiger charge is -1.92. The average molecular weight is 86.1 g/mol. The highest BCUT2D eigenvalue weighted by Crippen LogP contribution is 2.01. The van der Waals surface area contributed by atoms with Crippen molar-refractivity contribution in [1.82, 2.24) is 5.48 Å². The van der Waals surface area contributed by atoms with Gasteiger partial charge in [0.2, 0.25) is 0 Å². The van der Waals surface area contributed by atoms with Gasteiger partial charge in [0.1, 0.15) is 6.61 Å². The molecule has 0 aromatic heterocycles. The van der Waals surface area contributed by atoms with Gasteiger partial charge < -0.3 is 0 Å². The maximum absolute atomic E-state index is 4.68. The molecule has 2 heteroatoms. The summed E-state index contributed by atoms with van der Waals surface area (Å²) < 4.78 is 0. The fourth-order valence-electron chi connectivity index (χ4n) is 0.405. The molecule has 0 amide bonds. The molecule has 0 saturated carbocycles. The van der Waals surface area contributed by atoms with Crippen molar-refractivity contribution in [1.29, 1.82) is 0 Å². The highest BCUT2D eigenvalue weighted by molar-refractivity contribution is 4.66. The molecule has 1 N–H and O–H groups in total. The van der Waals surface area contributed by atoms with E-state index in [9.17, 15) is 0 Å². The third-order valence-electron chi connectivity index (χ3n) is 0.802. The van der Waals surface area contributed by atoms with Gasteiger partial charge >= 0.3 is 0 Å². The van der Waals surface area contributed by atoms with Gasteiger partial charge in [0.05, 0.1) is 0 Å². The van der Waals surface area contributed by atoms with Crippen LogP contribution in [0.15, 0.2) is 0 Å².